The smallest absolute Gasteiger partial charge is 0.251 e. The number of rotatable bonds is 7. The van der Waals surface area contributed by atoms with E-state index in [1.807, 2.05) is 13.0 Å². The monoisotopic (exact) mass is 321 g/mol. The normalized spacial score (nSPS) is 10.5. The molecule has 0 fully saturated rings. The van der Waals surface area contributed by atoms with Gasteiger partial charge in [-0.05, 0) is 37.6 Å². The molecule has 1 aromatic carbocycles. The van der Waals surface area contributed by atoms with E-state index in [1.165, 1.54) is 11.3 Å². The Morgan fingerprint density at radius 2 is 2.23 bits per heavy atom. The van der Waals surface area contributed by atoms with Gasteiger partial charge in [0.25, 0.3) is 5.91 Å². The molecular formula is C14H19N5O2S. The van der Waals surface area contributed by atoms with Gasteiger partial charge < -0.3 is 21.5 Å². The fourth-order valence-corrected chi connectivity index (χ4v) is 2.31. The van der Waals surface area contributed by atoms with Gasteiger partial charge in [0.15, 0.2) is 0 Å². The Morgan fingerprint density at radius 3 is 2.91 bits per heavy atom. The molecule has 118 valence electrons. The maximum Gasteiger partial charge on any atom is 0.251 e. The van der Waals surface area contributed by atoms with Crippen molar-refractivity contribution < 1.29 is 9.53 Å². The quantitative estimate of drug-likeness (QED) is 0.657. The average Bonchev–Trinajstić information content (AvgIpc) is 2.92. The van der Waals surface area contributed by atoms with Crippen LogP contribution < -0.4 is 21.5 Å². The fraction of sp³-hybridized carbons (Fsp3) is 0.357. The van der Waals surface area contributed by atoms with Crippen molar-refractivity contribution in [2.45, 2.75) is 19.9 Å². The van der Waals surface area contributed by atoms with Crippen LogP contribution in [0.15, 0.2) is 18.2 Å². The molecule has 1 heterocycles. The zero-order chi connectivity index (χ0) is 15.9. The van der Waals surface area contributed by atoms with Crippen LogP contribution in [0.5, 0.6) is 5.75 Å². The first-order valence-electron chi connectivity index (χ1n) is 6.89. The highest BCUT2D eigenvalue weighted by molar-refractivity contribution is 7.15. The molecule has 1 aromatic heterocycles. The highest BCUT2D eigenvalue weighted by atomic mass is 32.1. The molecule has 0 bridgehead atoms. The van der Waals surface area contributed by atoms with Gasteiger partial charge in [-0.3, -0.25) is 4.79 Å². The SMILES string of the molecule is Cc1ccc(C(=O)NCc2nnc(N)s2)cc1OCCCN. The Morgan fingerprint density at radius 1 is 1.41 bits per heavy atom. The summed E-state index contributed by atoms with van der Waals surface area (Å²) < 4.78 is 5.64. The molecule has 2 aromatic rings. The van der Waals surface area contributed by atoms with Crippen molar-refractivity contribution in [2.75, 3.05) is 18.9 Å². The number of hydrogen-bond acceptors (Lipinski definition) is 7. The molecule has 1 amide bonds. The first-order chi connectivity index (χ1) is 10.6. The van der Waals surface area contributed by atoms with Gasteiger partial charge in [-0.2, -0.15) is 0 Å². The van der Waals surface area contributed by atoms with Crippen LogP contribution in [0.25, 0.3) is 0 Å². The van der Waals surface area contributed by atoms with Crippen LogP contribution in [0.1, 0.15) is 27.3 Å². The van der Waals surface area contributed by atoms with E-state index in [0.717, 1.165) is 12.0 Å². The summed E-state index contributed by atoms with van der Waals surface area (Å²) >= 11 is 1.25. The first kappa shape index (κ1) is 16.2. The minimum Gasteiger partial charge on any atom is -0.493 e. The van der Waals surface area contributed by atoms with Gasteiger partial charge in [-0.15, -0.1) is 10.2 Å². The Balaban J connectivity index is 1.98. The summed E-state index contributed by atoms with van der Waals surface area (Å²) in [5.41, 5.74) is 12.5. The maximum absolute atomic E-state index is 12.2. The van der Waals surface area contributed by atoms with Crippen molar-refractivity contribution in [3.8, 4) is 5.75 Å². The highest BCUT2D eigenvalue weighted by Crippen LogP contribution is 2.20. The van der Waals surface area contributed by atoms with Crippen molar-refractivity contribution in [1.82, 2.24) is 15.5 Å². The number of nitrogens with two attached hydrogens (primary N) is 2. The van der Waals surface area contributed by atoms with E-state index >= 15 is 0 Å². The lowest BCUT2D eigenvalue weighted by Gasteiger charge is -2.10. The number of anilines is 1. The Labute approximate surface area is 132 Å². The van der Waals surface area contributed by atoms with E-state index in [1.54, 1.807) is 12.1 Å². The van der Waals surface area contributed by atoms with Crippen LogP contribution in [0.4, 0.5) is 5.13 Å². The van der Waals surface area contributed by atoms with Crippen molar-refractivity contribution in [2.24, 2.45) is 5.73 Å². The number of nitrogens with zero attached hydrogens (tertiary/aromatic N) is 2. The fourth-order valence-electron chi connectivity index (χ4n) is 1.76. The highest BCUT2D eigenvalue weighted by Gasteiger charge is 2.10. The van der Waals surface area contributed by atoms with Gasteiger partial charge in [0, 0.05) is 5.56 Å². The molecule has 0 spiro atoms. The molecule has 0 aliphatic rings. The number of amides is 1. The van der Waals surface area contributed by atoms with Crippen LogP contribution in [0.2, 0.25) is 0 Å². The maximum atomic E-state index is 12.2. The third-order valence-corrected chi connectivity index (χ3v) is 3.69. The van der Waals surface area contributed by atoms with Gasteiger partial charge in [-0.1, -0.05) is 17.4 Å². The van der Waals surface area contributed by atoms with Crippen LogP contribution in [-0.2, 0) is 6.54 Å². The van der Waals surface area contributed by atoms with Crippen LogP contribution in [-0.4, -0.2) is 29.3 Å². The zero-order valence-electron chi connectivity index (χ0n) is 12.3. The summed E-state index contributed by atoms with van der Waals surface area (Å²) in [6, 6.07) is 5.35. The Hall–Kier alpha value is -2.19. The lowest BCUT2D eigenvalue weighted by atomic mass is 10.1. The molecule has 7 nitrogen and oxygen atoms in total. The third-order valence-electron chi connectivity index (χ3n) is 2.94. The van der Waals surface area contributed by atoms with Crippen LogP contribution in [0.3, 0.4) is 0 Å². The van der Waals surface area contributed by atoms with Gasteiger partial charge in [0.1, 0.15) is 10.8 Å². The minimum atomic E-state index is -0.197. The van der Waals surface area contributed by atoms with Crippen molar-refractivity contribution in [3.63, 3.8) is 0 Å². The largest absolute Gasteiger partial charge is 0.493 e. The van der Waals surface area contributed by atoms with E-state index in [0.29, 0.717) is 41.1 Å². The van der Waals surface area contributed by atoms with E-state index in [4.69, 9.17) is 16.2 Å². The number of benzene rings is 1. The summed E-state index contributed by atoms with van der Waals surface area (Å²) in [6.45, 7) is 3.34. The van der Waals surface area contributed by atoms with Crippen molar-refractivity contribution >= 4 is 22.4 Å². The molecule has 0 aliphatic carbocycles. The molecule has 0 radical (unpaired) electrons. The predicted octanol–water partition coefficient (Wildman–Crippen LogP) is 1.09. The molecule has 2 rings (SSSR count). The second kappa shape index (κ2) is 7.71. The molecule has 0 atom stereocenters. The zero-order valence-corrected chi connectivity index (χ0v) is 13.2. The summed E-state index contributed by atoms with van der Waals surface area (Å²) in [5.74, 6) is 0.499. The number of aromatic nitrogens is 2. The molecule has 0 saturated heterocycles. The molecule has 0 saturated carbocycles. The summed E-state index contributed by atoms with van der Waals surface area (Å²) in [5, 5.41) is 11.4. The Bertz CT molecular complexity index is 644. The summed E-state index contributed by atoms with van der Waals surface area (Å²) in [6.07, 6.45) is 0.772. The lowest BCUT2D eigenvalue weighted by Crippen LogP contribution is -2.22. The number of hydrogen-bond donors (Lipinski definition) is 3. The minimum absolute atomic E-state index is 0.197. The average molecular weight is 321 g/mol. The molecule has 8 heteroatoms. The van der Waals surface area contributed by atoms with E-state index in [-0.39, 0.29) is 5.91 Å². The Kier molecular flexibility index (Phi) is 5.68. The molecule has 5 N–H and O–H groups in total. The van der Waals surface area contributed by atoms with Gasteiger partial charge >= 0.3 is 0 Å². The topological polar surface area (TPSA) is 116 Å². The number of ether oxygens (including phenoxy) is 1. The van der Waals surface area contributed by atoms with Crippen LogP contribution in [0, 0.1) is 6.92 Å². The number of nitrogens with one attached hydrogen (secondary N) is 1. The number of carbonyl (C=O) groups is 1. The number of carbonyl (C=O) groups excluding carboxylic acids is 1. The summed E-state index contributed by atoms with van der Waals surface area (Å²) in [7, 11) is 0. The van der Waals surface area contributed by atoms with Crippen molar-refractivity contribution in [3.05, 3.63) is 34.3 Å². The van der Waals surface area contributed by atoms with E-state index < -0.39 is 0 Å². The molecule has 0 unspecified atom stereocenters. The summed E-state index contributed by atoms with van der Waals surface area (Å²) in [4.78, 5) is 12.2. The van der Waals surface area contributed by atoms with Crippen molar-refractivity contribution in [1.29, 1.82) is 0 Å². The number of aryl methyl sites for hydroxylation is 1. The molecule has 0 aliphatic heterocycles. The third kappa shape index (κ3) is 4.40. The van der Waals surface area contributed by atoms with Gasteiger partial charge in [0.05, 0.1) is 13.2 Å². The van der Waals surface area contributed by atoms with Gasteiger partial charge in [0.2, 0.25) is 5.13 Å². The van der Waals surface area contributed by atoms with E-state index in [9.17, 15) is 4.79 Å². The number of nitrogen functional groups attached to an aromatic ring is 1. The standard InChI is InChI=1S/C14H19N5O2S/c1-9-3-4-10(7-11(9)21-6-2-5-15)13(20)17-8-12-18-19-14(16)22-12/h3-4,7H,2,5-6,8,15H2,1H3,(H2,16,19)(H,17,20). The molecule has 22 heavy (non-hydrogen) atoms. The van der Waals surface area contributed by atoms with Crippen LogP contribution >= 0.6 is 11.3 Å². The predicted molar refractivity (Wildman–Crippen MR) is 85.8 cm³/mol. The molecular weight excluding hydrogens is 302 g/mol. The second-order valence-electron chi connectivity index (χ2n) is 4.69. The second-order valence-corrected chi connectivity index (χ2v) is 5.78. The first-order valence-corrected chi connectivity index (χ1v) is 7.71. The van der Waals surface area contributed by atoms with Gasteiger partial charge in [-0.25, -0.2) is 0 Å². The van der Waals surface area contributed by atoms with E-state index in [2.05, 4.69) is 15.5 Å². The lowest BCUT2D eigenvalue weighted by molar-refractivity contribution is 0.0950.